The number of rotatable bonds is 16. The van der Waals surface area contributed by atoms with Crippen molar-refractivity contribution in [1.82, 2.24) is 0 Å². The van der Waals surface area contributed by atoms with Gasteiger partial charge in [-0.15, -0.1) is 0 Å². The quantitative estimate of drug-likeness (QED) is 0.118. The van der Waals surface area contributed by atoms with E-state index in [1.54, 1.807) is 21.0 Å². The van der Waals surface area contributed by atoms with E-state index in [1.165, 1.54) is 86.1 Å². The summed E-state index contributed by atoms with van der Waals surface area (Å²) in [6.07, 6.45) is 14.8. The first kappa shape index (κ1) is 37.6. The van der Waals surface area contributed by atoms with Gasteiger partial charge >= 0.3 is 0 Å². The fourth-order valence-electron chi connectivity index (χ4n) is 5.40. The highest BCUT2D eigenvalue weighted by atomic mass is 16.5. The Bertz CT molecular complexity index is 1010. The van der Waals surface area contributed by atoms with E-state index >= 15 is 0 Å². The van der Waals surface area contributed by atoms with Gasteiger partial charge in [-0.1, -0.05) is 119 Å². The Morgan fingerprint density at radius 1 is 0.881 bits per heavy atom. The Kier molecular flexibility index (Phi) is 20.6. The number of carbonyl (C=O) groups is 1. The molecule has 0 heterocycles. The summed E-state index contributed by atoms with van der Waals surface area (Å²) in [6, 6.07) is 13.7. The number of aliphatic hydroxyl groups is 2. The summed E-state index contributed by atoms with van der Waals surface area (Å²) in [4.78, 5) is 10.5. The number of benzene rings is 2. The molecule has 1 aliphatic rings. The normalized spacial score (nSPS) is 16.8. The molecule has 0 saturated heterocycles. The number of aryl methyl sites for hydroxylation is 1. The summed E-state index contributed by atoms with van der Waals surface area (Å²) in [5, 5.41) is 18.7. The van der Waals surface area contributed by atoms with Crippen LogP contribution in [0.1, 0.15) is 89.7 Å². The summed E-state index contributed by atoms with van der Waals surface area (Å²) in [6.45, 7) is 14.4. The van der Waals surface area contributed by atoms with Gasteiger partial charge in [0.15, 0.2) is 0 Å². The summed E-state index contributed by atoms with van der Waals surface area (Å²) in [5.74, 6) is 2.10. The van der Waals surface area contributed by atoms with Gasteiger partial charge in [0.25, 0.3) is 6.47 Å². The highest BCUT2D eigenvalue weighted by Crippen LogP contribution is 2.34. The molecule has 2 aromatic carbocycles. The molecule has 0 aliphatic heterocycles. The minimum absolute atomic E-state index is 0.111. The zero-order chi connectivity index (χ0) is 31.2. The molecule has 0 amide bonds. The van der Waals surface area contributed by atoms with Crippen LogP contribution in [0.15, 0.2) is 60.7 Å². The first-order chi connectivity index (χ1) is 20.3. The van der Waals surface area contributed by atoms with Crippen LogP contribution in [0.2, 0.25) is 0 Å². The summed E-state index contributed by atoms with van der Waals surface area (Å²) in [7, 11) is 1.69. The average Bonchev–Trinajstić information content (AvgIpc) is 3.00. The Morgan fingerprint density at radius 2 is 1.40 bits per heavy atom. The van der Waals surface area contributed by atoms with Crippen molar-refractivity contribution in [3.63, 3.8) is 0 Å². The Morgan fingerprint density at radius 3 is 1.90 bits per heavy atom. The van der Waals surface area contributed by atoms with Crippen molar-refractivity contribution in [2.45, 2.75) is 91.4 Å². The van der Waals surface area contributed by atoms with E-state index in [2.05, 4.69) is 56.5 Å². The molecule has 5 heteroatoms. The van der Waals surface area contributed by atoms with E-state index < -0.39 is 0 Å². The van der Waals surface area contributed by atoms with Gasteiger partial charge in [0.05, 0.1) is 26.4 Å². The molecule has 0 aromatic heterocycles. The molecular weight excluding hydrogens is 524 g/mol. The molecule has 0 bridgehead atoms. The van der Waals surface area contributed by atoms with Crippen molar-refractivity contribution < 1.29 is 24.5 Å². The van der Waals surface area contributed by atoms with Gasteiger partial charge in [0, 0.05) is 13.0 Å². The Hall–Kier alpha value is -2.47. The van der Waals surface area contributed by atoms with Crippen molar-refractivity contribution in [2.75, 3.05) is 33.5 Å². The van der Waals surface area contributed by atoms with Crippen molar-refractivity contribution in [3.05, 3.63) is 71.8 Å². The van der Waals surface area contributed by atoms with Gasteiger partial charge in [0.2, 0.25) is 0 Å². The fourth-order valence-corrected chi connectivity index (χ4v) is 5.40. The first-order valence-corrected chi connectivity index (χ1v) is 15.8. The second-order valence-electron chi connectivity index (χ2n) is 12.1. The van der Waals surface area contributed by atoms with Crippen LogP contribution < -0.4 is 0 Å². The van der Waals surface area contributed by atoms with Crippen molar-refractivity contribution in [1.29, 1.82) is 0 Å². The monoisotopic (exact) mass is 582 g/mol. The Balaban J connectivity index is 0.000000759. The van der Waals surface area contributed by atoms with Gasteiger partial charge in [-0.05, 0) is 66.8 Å². The molecular formula is C37H58O5. The van der Waals surface area contributed by atoms with Crippen LogP contribution in [-0.4, -0.2) is 50.2 Å². The maximum Gasteiger partial charge on any atom is 0.293 e. The number of fused-ring (bicyclic) bond motifs is 1. The summed E-state index contributed by atoms with van der Waals surface area (Å²) >= 11 is 0. The van der Waals surface area contributed by atoms with E-state index in [4.69, 9.17) is 19.7 Å². The lowest BCUT2D eigenvalue weighted by molar-refractivity contribution is -0.130. The van der Waals surface area contributed by atoms with Crippen LogP contribution in [0, 0.1) is 17.8 Å². The largest absolute Gasteiger partial charge is 0.467 e. The second-order valence-corrected chi connectivity index (χ2v) is 12.1. The van der Waals surface area contributed by atoms with E-state index in [0.29, 0.717) is 19.7 Å². The van der Waals surface area contributed by atoms with Crippen molar-refractivity contribution in [3.8, 4) is 0 Å². The van der Waals surface area contributed by atoms with Crippen LogP contribution >= 0.6 is 0 Å². The number of unbranched alkanes of at least 4 members (excludes halogenated alkanes) is 2. The van der Waals surface area contributed by atoms with Crippen molar-refractivity contribution in [2.24, 2.45) is 17.8 Å². The predicted octanol–water partition coefficient (Wildman–Crippen LogP) is 8.25. The topological polar surface area (TPSA) is 76.0 Å². The minimum Gasteiger partial charge on any atom is -0.467 e. The highest BCUT2D eigenvalue weighted by molar-refractivity contribution is 5.83. The SMILES string of the molecule is C=C(C)CO.C=C(C)CO.CCCCCC1CCC(CCc2ccc3cc(CC(COC)COC=O)ccc3c2)CC1. The third-order valence-corrected chi connectivity index (χ3v) is 7.86. The molecule has 1 atom stereocenters. The molecule has 0 radical (unpaired) electrons. The molecule has 3 rings (SSSR count). The fraction of sp³-hybridized carbons (Fsp3) is 0.595. The third-order valence-electron chi connectivity index (χ3n) is 7.86. The molecule has 1 fully saturated rings. The van der Waals surface area contributed by atoms with E-state index in [9.17, 15) is 4.79 Å². The minimum atomic E-state index is 0.111. The van der Waals surface area contributed by atoms with E-state index in [-0.39, 0.29) is 19.1 Å². The predicted molar refractivity (Wildman–Crippen MR) is 177 cm³/mol. The van der Waals surface area contributed by atoms with Gasteiger partial charge < -0.3 is 19.7 Å². The number of ether oxygens (including phenoxy) is 2. The van der Waals surface area contributed by atoms with E-state index in [1.807, 2.05) is 0 Å². The summed E-state index contributed by atoms with van der Waals surface area (Å²) < 4.78 is 10.3. The maximum atomic E-state index is 10.5. The lowest BCUT2D eigenvalue weighted by Crippen LogP contribution is -2.17. The van der Waals surface area contributed by atoms with Gasteiger partial charge in [-0.3, -0.25) is 4.79 Å². The smallest absolute Gasteiger partial charge is 0.293 e. The van der Waals surface area contributed by atoms with Crippen molar-refractivity contribution >= 4 is 17.2 Å². The standard InChI is InChI=1S/C29H42O3.2C4H8O/c1-3-4-5-6-23-7-9-24(10-8-23)11-12-25-13-15-29-19-26(14-16-28(29)18-25)17-27(20-31-2)21-32-22-30;2*1-4(2)3-5/h13-16,18-19,22-24,27H,3-12,17,20-21H2,1-2H3;2*5H,1,3H2,2H3. The molecule has 2 aromatic rings. The number of methoxy groups -OCH3 is 1. The number of hydrogen-bond acceptors (Lipinski definition) is 5. The molecule has 1 saturated carbocycles. The molecule has 2 N–H and O–H groups in total. The Labute approximate surface area is 256 Å². The molecule has 5 nitrogen and oxygen atoms in total. The van der Waals surface area contributed by atoms with E-state index in [0.717, 1.165) is 29.4 Å². The third kappa shape index (κ3) is 16.8. The number of carbonyl (C=O) groups excluding carboxylic acids is 1. The molecule has 236 valence electrons. The second kappa shape index (κ2) is 23.0. The number of hydrogen-bond donors (Lipinski definition) is 2. The zero-order valence-corrected chi connectivity index (χ0v) is 26.9. The van der Waals surface area contributed by atoms with Crippen LogP contribution in [0.4, 0.5) is 0 Å². The van der Waals surface area contributed by atoms with Crippen LogP contribution in [0.25, 0.3) is 10.8 Å². The van der Waals surface area contributed by atoms with Gasteiger partial charge in [0.1, 0.15) is 0 Å². The lowest BCUT2D eigenvalue weighted by Gasteiger charge is -2.28. The first-order valence-electron chi connectivity index (χ1n) is 15.8. The highest BCUT2D eigenvalue weighted by Gasteiger charge is 2.20. The molecule has 1 unspecified atom stereocenters. The number of aliphatic hydroxyl groups excluding tert-OH is 2. The zero-order valence-electron chi connectivity index (χ0n) is 26.9. The average molecular weight is 583 g/mol. The van der Waals surface area contributed by atoms with Gasteiger partial charge in [-0.25, -0.2) is 0 Å². The molecule has 1 aliphatic carbocycles. The molecule has 42 heavy (non-hydrogen) atoms. The van der Waals surface area contributed by atoms with Crippen LogP contribution in [0.5, 0.6) is 0 Å². The van der Waals surface area contributed by atoms with Crippen LogP contribution in [0.3, 0.4) is 0 Å². The van der Waals surface area contributed by atoms with Gasteiger partial charge in [-0.2, -0.15) is 0 Å². The van der Waals surface area contributed by atoms with Crippen LogP contribution in [-0.2, 0) is 27.1 Å². The summed E-state index contributed by atoms with van der Waals surface area (Å²) in [5.41, 5.74) is 4.35. The maximum absolute atomic E-state index is 10.5. The lowest BCUT2D eigenvalue weighted by atomic mass is 9.77. The molecule has 0 spiro atoms.